The Hall–Kier alpha value is -2.94. The van der Waals surface area contributed by atoms with Crippen LogP contribution in [0.3, 0.4) is 0 Å². The summed E-state index contributed by atoms with van der Waals surface area (Å²) in [7, 11) is 0. The summed E-state index contributed by atoms with van der Waals surface area (Å²) < 4.78 is 0. The Kier molecular flexibility index (Phi) is 5.80. The molecule has 0 saturated carbocycles. The van der Waals surface area contributed by atoms with E-state index in [1.807, 2.05) is 36.4 Å². The quantitative estimate of drug-likeness (QED) is 0.446. The first-order valence-electron chi connectivity index (χ1n) is 9.13. The van der Waals surface area contributed by atoms with Crippen LogP contribution in [0.25, 0.3) is 11.1 Å². The fraction of sp³-hybridized carbons (Fsp3) is 0.217. The molecule has 26 heavy (non-hydrogen) atoms. The molecule has 0 saturated heterocycles. The Morgan fingerprint density at radius 2 is 1.04 bits per heavy atom. The minimum Gasteiger partial charge on any atom is -0.372 e. The average molecular weight is 343 g/mol. The summed E-state index contributed by atoms with van der Waals surface area (Å²) in [6.45, 7) is 8.48. The van der Waals surface area contributed by atoms with E-state index in [-0.39, 0.29) is 0 Å². The molecule has 0 aliphatic carbocycles. The van der Waals surface area contributed by atoms with Gasteiger partial charge in [-0.2, -0.15) is 10.2 Å². The number of aryl methyl sites for hydroxylation is 1. The van der Waals surface area contributed by atoms with Gasteiger partial charge in [-0.3, -0.25) is 0 Å². The molecule has 0 radical (unpaired) electrons. The number of rotatable bonds is 6. The normalized spacial score (nSPS) is 11.0. The monoisotopic (exact) mass is 343 g/mol. The Balaban J connectivity index is 1.72. The summed E-state index contributed by atoms with van der Waals surface area (Å²) in [5.41, 5.74) is 6.61. The molecule has 0 aliphatic rings. The van der Waals surface area contributed by atoms with Gasteiger partial charge in [-0.25, -0.2) is 0 Å². The lowest BCUT2D eigenvalue weighted by atomic mass is 10.0. The van der Waals surface area contributed by atoms with E-state index >= 15 is 0 Å². The minimum absolute atomic E-state index is 0.856. The van der Waals surface area contributed by atoms with Gasteiger partial charge in [0.05, 0.1) is 11.4 Å². The van der Waals surface area contributed by atoms with E-state index in [2.05, 4.69) is 72.3 Å². The summed E-state index contributed by atoms with van der Waals surface area (Å²) in [5.74, 6) is 0. The molecule has 0 spiro atoms. The highest BCUT2D eigenvalue weighted by Gasteiger charge is 2.03. The van der Waals surface area contributed by atoms with Gasteiger partial charge < -0.3 is 4.90 Å². The fourth-order valence-corrected chi connectivity index (χ4v) is 2.90. The van der Waals surface area contributed by atoms with Crippen molar-refractivity contribution in [1.29, 1.82) is 0 Å². The van der Waals surface area contributed by atoms with E-state index in [9.17, 15) is 0 Å². The van der Waals surface area contributed by atoms with E-state index in [4.69, 9.17) is 0 Å². The molecule has 3 heteroatoms. The lowest BCUT2D eigenvalue weighted by Gasteiger charge is -2.21. The Morgan fingerprint density at radius 1 is 0.615 bits per heavy atom. The van der Waals surface area contributed by atoms with Crippen LogP contribution in [-0.2, 0) is 0 Å². The predicted molar refractivity (Wildman–Crippen MR) is 111 cm³/mol. The molecule has 3 aromatic rings. The SMILES string of the molecule is CCN(CC)c1ccc(-c2ccc(N=Nc3ccc(C)cc3)cc2)cc1. The molecular weight excluding hydrogens is 318 g/mol. The van der Waals surface area contributed by atoms with Crippen molar-refractivity contribution >= 4 is 17.1 Å². The summed E-state index contributed by atoms with van der Waals surface area (Å²) >= 11 is 0. The highest BCUT2D eigenvalue weighted by atomic mass is 15.1. The number of anilines is 1. The first kappa shape index (κ1) is 17.9. The lowest BCUT2D eigenvalue weighted by molar-refractivity contribution is 0.866. The van der Waals surface area contributed by atoms with Crippen molar-refractivity contribution in [3.05, 3.63) is 78.4 Å². The molecule has 0 N–H and O–H groups in total. The van der Waals surface area contributed by atoms with Crippen LogP contribution < -0.4 is 4.90 Å². The highest BCUT2D eigenvalue weighted by molar-refractivity contribution is 5.67. The van der Waals surface area contributed by atoms with Gasteiger partial charge in [0.25, 0.3) is 0 Å². The van der Waals surface area contributed by atoms with Crippen LogP contribution >= 0.6 is 0 Å². The van der Waals surface area contributed by atoms with Crippen LogP contribution in [0.1, 0.15) is 19.4 Å². The number of hydrogen-bond donors (Lipinski definition) is 0. The van der Waals surface area contributed by atoms with Crippen LogP contribution in [0.5, 0.6) is 0 Å². The van der Waals surface area contributed by atoms with Gasteiger partial charge in [0.2, 0.25) is 0 Å². The summed E-state index contributed by atoms with van der Waals surface area (Å²) in [4.78, 5) is 2.35. The maximum atomic E-state index is 4.32. The first-order valence-corrected chi connectivity index (χ1v) is 9.13. The third kappa shape index (κ3) is 4.37. The van der Waals surface area contributed by atoms with E-state index in [1.54, 1.807) is 0 Å². The van der Waals surface area contributed by atoms with E-state index in [1.165, 1.54) is 22.4 Å². The van der Waals surface area contributed by atoms with Crippen molar-refractivity contribution in [2.24, 2.45) is 10.2 Å². The average Bonchev–Trinajstić information content (AvgIpc) is 2.69. The van der Waals surface area contributed by atoms with Crippen molar-refractivity contribution < 1.29 is 0 Å². The molecule has 0 fully saturated rings. The zero-order valence-electron chi connectivity index (χ0n) is 15.7. The predicted octanol–water partition coefficient (Wildman–Crippen LogP) is 6.92. The lowest BCUT2D eigenvalue weighted by Crippen LogP contribution is -2.21. The highest BCUT2D eigenvalue weighted by Crippen LogP contribution is 2.26. The molecule has 0 unspecified atom stereocenters. The molecule has 132 valence electrons. The molecular formula is C23H25N3. The van der Waals surface area contributed by atoms with Crippen molar-refractivity contribution in [3.63, 3.8) is 0 Å². The zero-order valence-corrected chi connectivity index (χ0v) is 15.7. The molecule has 3 aromatic carbocycles. The summed E-state index contributed by atoms with van der Waals surface area (Å²) in [5, 5.41) is 8.61. The largest absolute Gasteiger partial charge is 0.372 e. The standard InChI is InChI=1S/C23H25N3/c1-4-26(5-2)23-16-10-20(11-17-23)19-8-14-22(15-9-19)25-24-21-12-6-18(3)7-13-21/h6-17H,4-5H2,1-3H3. The van der Waals surface area contributed by atoms with E-state index in [0.717, 1.165) is 24.5 Å². The maximum absolute atomic E-state index is 4.32. The summed E-state index contributed by atoms with van der Waals surface area (Å²) in [6.07, 6.45) is 0. The van der Waals surface area contributed by atoms with Crippen LogP contribution in [0.4, 0.5) is 17.1 Å². The molecule has 3 nitrogen and oxygen atoms in total. The Bertz CT molecular complexity index is 843. The van der Waals surface area contributed by atoms with Gasteiger partial charge in [-0.1, -0.05) is 42.0 Å². The summed E-state index contributed by atoms with van der Waals surface area (Å²) in [6, 6.07) is 25.0. The van der Waals surface area contributed by atoms with E-state index < -0.39 is 0 Å². The first-order chi connectivity index (χ1) is 12.7. The maximum Gasteiger partial charge on any atom is 0.0857 e. The second kappa shape index (κ2) is 8.43. The van der Waals surface area contributed by atoms with Crippen LogP contribution in [-0.4, -0.2) is 13.1 Å². The molecule has 0 atom stereocenters. The van der Waals surface area contributed by atoms with Gasteiger partial charge in [-0.05, 0) is 68.3 Å². The topological polar surface area (TPSA) is 28.0 Å². The third-order valence-corrected chi connectivity index (χ3v) is 4.51. The van der Waals surface area contributed by atoms with Gasteiger partial charge in [0, 0.05) is 18.8 Å². The number of hydrogen-bond acceptors (Lipinski definition) is 3. The molecule has 0 amide bonds. The molecule has 3 rings (SSSR count). The molecule has 0 aliphatic heterocycles. The molecule has 0 aromatic heterocycles. The second-order valence-electron chi connectivity index (χ2n) is 6.30. The Morgan fingerprint density at radius 3 is 1.50 bits per heavy atom. The van der Waals surface area contributed by atoms with Gasteiger partial charge in [0.1, 0.15) is 0 Å². The minimum atomic E-state index is 0.856. The van der Waals surface area contributed by atoms with Gasteiger partial charge >= 0.3 is 0 Å². The molecule has 0 bridgehead atoms. The molecule has 0 heterocycles. The zero-order chi connectivity index (χ0) is 18.4. The van der Waals surface area contributed by atoms with Gasteiger partial charge in [-0.15, -0.1) is 0 Å². The number of benzene rings is 3. The second-order valence-corrected chi connectivity index (χ2v) is 6.30. The fourth-order valence-electron chi connectivity index (χ4n) is 2.90. The van der Waals surface area contributed by atoms with Crippen molar-refractivity contribution in [3.8, 4) is 11.1 Å². The number of nitrogens with zero attached hydrogens (tertiary/aromatic N) is 3. The van der Waals surface area contributed by atoms with Crippen LogP contribution in [0, 0.1) is 6.92 Å². The smallest absolute Gasteiger partial charge is 0.0857 e. The third-order valence-electron chi connectivity index (χ3n) is 4.51. The van der Waals surface area contributed by atoms with Crippen LogP contribution in [0.15, 0.2) is 83.0 Å². The number of azo groups is 1. The van der Waals surface area contributed by atoms with Crippen LogP contribution in [0.2, 0.25) is 0 Å². The Labute approximate surface area is 156 Å². The van der Waals surface area contributed by atoms with Crippen molar-refractivity contribution in [1.82, 2.24) is 0 Å². The van der Waals surface area contributed by atoms with Crippen molar-refractivity contribution in [2.75, 3.05) is 18.0 Å². The van der Waals surface area contributed by atoms with Gasteiger partial charge in [0.15, 0.2) is 0 Å². The van der Waals surface area contributed by atoms with E-state index in [0.29, 0.717) is 0 Å². The van der Waals surface area contributed by atoms with Crippen molar-refractivity contribution in [2.45, 2.75) is 20.8 Å².